The van der Waals surface area contributed by atoms with Crippen LogP contribution in [0.3, 0.4) is 0 Å². The third-order valence-corrected chi connectivity index (χ3v) is 6.26. The van der Waals surface area contributed by atoms with E-state index in [9.17, 15) is 30.8 Å². The van der Waals surface area contributed by atoms with E-state index < -0.39 is 40.0 Å². The number of anilines is 1. The lowest BCUT2D eigenvalue weighted by Gasteiger charge is -2.24. The van der Waals surface area contributed by atoms with Gasteiger partial charge in [-0.3, -0.25) is 9.10 Å². The van der Waals surface area contributed by atoms with E-state index in [1.54, 1.807) is 6.07 Å². The number of benzene rings is 3. The van der Waals surface area contributed by atoms with E-state index in [0.29, 0.717) is 4.31 Å². The van der Waals surface area contributed by atoms with Crippen LogP contribution in [0, 0.1) is 5.82 Å². The first-order valence-corrected chi connectivity index (χ1v) is 10.8. The lowest BCUT2D eigenvalue weighted by molar-refractivity contribution is -0.137. The molecule has 0 aliphatic carbocycles. The standard InChI is InChI=1S/C22H18F4N2O3S/c23-19-11-4-5-12-20(19)28(32(30,31)18-9-2-1-3-10-18)15-21(29)27-14-16-7-6-8-17(13-16)22(24,25)26/h1-13H,14-15H2,(H,27,29). The second-order valence-corrected chi connectivity index (χ2v) is 8.61. The monoisotopic (exact) mass is 466 g/mol. The molecule has 0 atom stereocenters. The number of carbonyl (C=O) groups is 1. The molecule has 5 nitrogen and oxygen atoms in total. The van der Waals surface area contributed by atoms with Crippen LogP contribution in [0.4, 0.5) is 23.2 Å². The number of alkyl halides is 3. The van der Waals surface area contributed by atoms with Crippen molar-refractivity contribution in [1.82, 2.24) is 5.32 Å². The molecule has 168 valence electrons. The predicted molar refractivity (Wildman–Crippen MR) is 111 cm³/mol. The fraction of sp³-hybridized carbons (Fsp3) is 0.136. The first kappa shape index (κ1) is 23.3. The Morgan fingerprint density at radius 2 is 1.56 bits per heavy atom. The minimum atomic E-state index is -4.54. The van der Waals surface area contributed by atoms with Crippen LogP contribution in [0.25, 0.3) is 0 Å². The Bertz CT molecular complexity index is 1200. The van der Waals surface area contributed by atoms with E-state index in [1.165, 1.54) is 54.6 Å². The number of hydrogen-bond acceptors (Lipinski definition) is 3. The van der Waals surface area contributed by atoms with Crippen molar-refractivity contribution >= 4 is 21.6 Å². The fourth-order valence-corrected chi connectivity index (χ4v) is 4.37. The summed E-state index contributed by atoms with van der Waals surface area (Å²) < 4.78 is 79.8. The first-order valence-electron chi connectivity index (χ1n) is 9.34. The van der Waals surface area contributed by atoms with E-state index >= 15 is 0 Å². The Labute approximate surface area is 182 Å². The van der Waals surface area contributed by atoms with Gasteiger partial charge < -0.3 is 5.32 Å². The number of nitrogens with zero attached hydrogens (tertiary/aromatic N) is 1. The van der Waals surface area contributed by atoms with Crippen LogP contribution in [-0.4, -0.2) is 20.9 Å². The molecule has 0 bridgehead atoms. The maximum Gasteiger partial charge on any atom is 0.416 e. The highest BCUT2D eigenvalue weighted by molar-refractivity contribution is 7.92. The smallest absolute Gasteiger partial charge is 0.350 e. The predicted octanol–water partition coefficient (Wildman–Crippen LogP) is 4.36. The molecule has 10 heteroatoms. The van der Waals surface area contributed by atoms with Gasteiger partial charge in [-0.05, 0) is 42.0 Å². The summed E-state index contributed by atoms with van der Waals surface area (Å²) in [5.74, 6) is -1.66. The highest BCUT2D eigenvalue weighted by atomic mass is 32.2. The van der Waals surface area contributed by atoms with Gasteiger partial charge in [-0.25, -0.2) is 12.8 Å². The lowest BCUT2D eigenvalue weighted by atomic mass is 10.1. The van der Waals surface area contributed by atoms with Crippen LogP contribution >= 0.6 is 0 Å². The quantitative estimate of drug-likeness (QED) is 0.527. The van der Waals surface area contributed by atoms with Gasteiger partial charge in [0, 0.05) is 6.54 Å². The van der Waals surface area contributed by atoms with Crippen LogP contribution in [0.1, 0.15) is 11.1 Å². The molecule has 0 saturated heterocycles. The highest BCUT2D eigenvalue weighted by Crippen LogP contribution is 2.29. The number of amides is 1. The molecule has 3 rings (SSSR count). The molecule has 0 aliphatic rings. The van der Waals surface area contributed by atoms with E-state index in [4.69, 9.17) is 0 Å². The van der Waals surface area contributed by atoms with E-state index in [-0.39, 0.29) is 22.7 Å². The van der Waals surface area contributed by atoms with Gasteiger partial charge in [-0.15, -0.1) is 0 Å². The van der Waals surface area contributed by atoms with Gasteiger partial charge in [0.05, 0.1) is 16.1 Å². The maximum atomic E-state index is 14.4. The molecule has 0 aliphatic heterocycles. The van der Waals surface area contributed by atoms with E-state index in [0.717, 1.165) is 18.2 Å². The van der Waals surface area contributed by atoms with Crippen LogP contribution < -0.4 is 9.62 Å². The van der Waals surface area contributed by atoms with Crippen molar-refractivity contribution in [2.24, 2.45) is 0 Å². The third-order valence-electron chi connectivity index (χ3n) is 4.48. The summed E-state index contributed by atoms with van der Waals surface area (Å²) in [6.45, 7) is -1.03. The van der Waals surface area contributed by atoms with Crippen LogP contribution in [0.15, 0.2) is 83.8 Å². The molecule has 0 spiro atoms. The zero-order valence-corrected chi connectivity index (χ0v) is 17.3. The van der Waals surface area contributed by atoms with Crippen molar-refractivity contribution in [2.75, 3.05) is 10.8 Å². The van der Waals surface area contributed by atoms with Crippen molar-refractivity contribution in [3.05, 3.63) is 95.8 Å². The number of nitrogens with one attached hydrogen (secondary N) is 1. The number of halogens is 4. The number of sulfonamides is 1. The van der Waals surface area contributed by atoms with Gasteiger partial charge in [0.15, 0.2) is 0 Å². The molecule has 0 aromatic heterocycles. The third kappa shape index (κ3) is 5.44. The minimum Gasteiger partial charge on any atom is -0.350 e. The van der Waals surface area contributed by atoms with Gasteiger partial charge in [0.1, 0.15) is 12.4 Å². The summed E-state index contributed by atoms with van der Waals surface area (Å²) in [4.78, 5) is 12.4. The Morgan fingerprint density at radius 3 is 2.22 bits per heavy atom. The second-order valence-electron chi connectivity index (χ2n) is 6.75. The van der Waals surface area contributed by atoms with Gasteiger partial charge in [0.25, 0.3) is 10.0 Å². The Balaban J connectivity index is 1.83. The largest absolute Gasteiger partial charge is 0.416 e. The number of carbonyl (C=O) groups excluding carboxylic acids is 1. The molecule has 1 N–H and O–H groups in total. The van der Waals surface area contributed by atoms with Crippen molar-refractivity contribution in [3.8, 4) is 0 Å². The Morgan fingerprint density at radius 1 is 0.906 bits per heavy atom. The lowest BCUT2D eigenvalue weighted by Crippen LogP contribution is -2.41. The highest BCUT2D eigenvalue weighted by Gasteiger charge is 2.31. The molecule has 0 unspecified atom stereocenters. The van der Waals surface area contributed by atoms with E-state index in [2.05, 4.69) is 5.32 Å². The van der Waals surface area contributed by atoms with E-state index in [1.807, 2.05) is 0 Å². The molecule has 3 aromatic rings. The molecule has 0 radical (unpaired) electrons. The molecular formula is C22H18F4N2O3S. The van der Waals surface area contributed by atoms with Crippen LogP contribution in [0.5, 0.6) is 0 Å². The fourth-order valence-electron chi connectivity index (χ4n) is 2.92. The summed E-state index contributed by atoms with van der Waals surface area (Å²) in [6, 6.07) is 16.7. The van der Waals surface area contributed by atoms with Crippen molar-refractivity contribution in [1.29, 1.82) is 0 Å². The van der Waals surface area contributed by atoms with Crippen LogP contribution in [0.2, 0.25) is 0 Å². The Hall–Kier alpha value is -3.40. The summed E-state index contributed by atoms with van der Waals surface area (Å²) in [7, 11) is -4.30. The maximum absolute atomic E-state index is 14.4. The van der Waals surface area contributed by atoms with Crippen molar-refractivity contribution in [2.45, 2.75) is 17.6 Å². The first-order chi connectivity index (χ1) is 15.1. The summed E-state index contributed by atoms with van der Waals surface area (Å²) in [6.07, 6.45) is -4.54. The van der Waals surface area contributed by atoms with Crippen LogP contribution in [-0.2, 0) is 27.5 Å². The summed E-state index contributed by atoms with van der Waals surface area (Å²) in [5, 5.41) is 2.39. The normalized spacial score (nSPS) is 11.8. The average Bonchev–Trinajstić information content (AvgIpc) is 2.77. The SMILES string of the molecule is O=C(CN(c1ccccc1F)S(=O)(=O)c1ccccc1)NCc1cccc(C(F)(F)F)c1. The summed E-state index contributed by atoms with van der Waals surface area (Å²) in [5.41, 5.74) is -1.02. The van der Waals surface area contributed by atoms with Gasteiger partial charge in [0.2, 0.25) is 5.91 Å². The molecule has 0 heterocycles. The molecule has 0 fully saturated rings. The number of hydrogen-bond donors (Lipinski definition) is 1. The average molecular weight is 466 g/mol. The topological polar surface area (TPSA) is 66.5 Å². The zero-order valence-electron chi connectivity index (χ0n) is 16.5. The summed E-state index contributed by atoms with van der Waals surface area (Å²) >= 11 is 0. The van der Waals surface area contributed by atoms with Crippen molar-refractivity contribution in [3.63, 3.8) is 0 Å². The zero-order chi connectivity index (χ0) is 23.4. The van der Waals surface area contributed by atoms with Gasteiger partial charge in [-0.1, -0.05) is 42.5 Å². The van der Waals surface area contributed by atoms with Gasteiger partial charge >= 0.3 is 6.18 Å². The van der Waals surface area contributed by atoms with Gasteiger partial charge in [-0.2, -0.15) is 13.2 Å². The number of rotatable bonds is 7. The number of para-hydroxylation sites is 1. The minimum absolute atomic E-state index is 0.145. The molecule has 32 heavy (non-hydrogen) atoms. The molecule has 0 saturated carbocycles. The molecule has 1 amide bonds. The second kappa shape index (κ2) is 9.39. The molecular weight excluding hydrogens is 448 g/mol. The van der Waals surface area contributed by atoms with Crippen molar-refractivity contribution < 1.29 is 30.8 Å². The Kier molecular flexibility index (Phi) is 6.83. The molecule has 3 aromatic carbocycles.